The van der Waals surface area contributed by atoms with Gasteiger partial charge in [-0.3, -0.25) is 0 Å². The van der Waals surface area contributed by atoms with E-state index >= 15 is 0 Å². The van der Waals surface area contributed by atoms with Crippen molar-refractivity contribution in [2.24, 2.45) is 0 Å². The van der Waals surface area contributed by atoms with Gasteiger partial charge in [0, 0.05) is 54.2 Å². The first-order valence-corrected chi connectivity index (χ1v) is 0. The summed E-state index contributed by atoms with van der Waals surface area (Å²) in [5.41, 5.74) is 0. The smallest absolute Gasteiger partial charge is 0 e. The fourth-order valence-corrected chi connectivity index (χ4v) is 0. The minimum absolute atomic E-state index is 0. The minimum Gasteiger partial charge on any atom is 0 e. The fourth-order valence-electron chi connectivity index (χ4n) is 0. The van der Waals surface area contributed by atoms with Gasteiger partial charge in [0.25, 0.3) is 0 Å². The fraction of sp³-hybridized carbons (Fsp3) is 0. The molecule has 0 aliphatic carbocycles. The molecule has 0 rings (SSSR count). The maximum Gasteiger partial charge on any atom is 0 e. The minimum atomic E-state index is 0. The second kappa shape index (κ2) is 74.8. The van der Waals surface area contributed by atoms with Crippen molar-refractivity contribution in [3.05, 3.63) is 0 Å². The summed E-state index contributed by atoms with van der Waals surface area (Å²) in [5, 5.41) is 0. The molecule has 0 heterocycles. The number of hydrogen-bond acceptors (Lipinski definition) is 0. The third-order valence-electron chi connectivity index (χ3n) is 0. The Bertz CT molecular complexity index is 12.4. The van der Waals surface area contributed by atoms with E-state index in [4.69, 9.17) is 0 Å². The Balaban J connectivity index is 0. The van der Waals surface area contributed by atoms with Crippen LogP contribution in [0.2, 0.25) is 0 Å². The van der Waals surface area contributed by atoms with Crippen LogP contribution in [-0.2, 0) is 18.6 Å². The van der Waals surface area contributed by atoms with Gasteiger partial charge >= 0.3 is 68.9 Å². The van der Waals surface area contributed by atoms with Crippen LogP contribution in [0.3, 0.4) is 0 Å². The molecule has 0 fully saturated rings. The van der Waals surface area contributed by atoms with Gasteiger partial charge in [-0.1, -0.05) is 0 Å². The summed E-state index contributed by atoms with van der Waals surface area (Å²) in [6.07, 6.45) is 0. The van der Waals surface area contributed by atoms with E-state index in [2.05, 4.69) is 0 Å². The molecule has 50 valence electrons. The van der Waals surface area contributed by atoms with Gasteiger partial charge in [0.15, 0.2) is 0 Å². The van der Waals surface area contributed by atoms with Crippen molar-refractivity contribution in [3.8, 4) is 0 Å². The first-order valence-electron chi connectivity index (χ1n) is 0. The monoisotopic (exact) mass is 414 g/mol. The Kier molecular flexibility index (Phi) is 932. The molecule has 0 atom stereocenters. The van der Waals surface area contributed by atoms with Gasteiger partial charge in [0.2, 0.25) is 0 Å². The van der Waals surface area contributed by atoms with E-state index in [9.17, 15) is 0 Å². The van der Waals surface area contributed by atoms with Crippen LogP contribution >= 0.6 is 0 Å². The Morgan fingerprint density at radius 1 is 0.500 bits per heavy atom. The van der Waals surface area contributed by atoms with E-state index in [1.807, 2.05) is 0 Å². The van der Waals surface area contributed by atoms with Crippen molar-refractivity contribution in [2.45, 2.75) is 0 Å². The molecule has 0 spiro atoms. The summed E-state index contributed by atoms with van der Waals surface area (Å²) in [6.45, 7) is 0. The maximum atomic E-state index is 0. The van der Waals surface area contributed by atoms with E-state index in [-0.39, 0.29) is 150 Å². The summed E-state index contributed by atoms with van der Waals surface area (Å²) >= 11 is 0. The summed E-state index contributed by atoms with van der Waals surface area (Å²) < 4.78 is 0. The maximum absolute atomic E-state index is 0. The molecular weight excluding hydrogens is 403 g/mol. The molecule has 8 heteroatoms. The van der Waals surface area contributed by atoms with Crippen LogP contribution in [0.5, 0.6) is 0 Å². The second-order valence-corrected chi connectivity index (χ2v) is 0. The second-order valence-electron chi connectivity index (χ2n) is 0. The van der Waals surface area contributed by atoms with E-state index in [1.54, 1.807) is 0 Å². The Hall–Kier alpha value is 3.63. The molecule has 0 saturated carbocycles. The Morgan fingerprint density at radius 2 is 0.500 bits per heavy atom. The standard InChI is InChI=1S/Cs.La.5H2O.V.H/h;;5*1H2;;. The van der Waals surface area contributed by atoms with E-state index in [0.29, 0.717) is 0 Å². The van der Waals surface area contributed by atoms with Gasteiger partial charge < -0.3 is 27.4 Å². The molecule has 0 unspecified atom stereocenters. The van der Waals surface area contributed by atoms with E-state index in [0.717, 1.165) is 0 Å². The molecular formula is H11CsLaO5V. The van der Waals surface area contributed by atoms with Crippen molar-refractivity contribution in [2.75, 3.05) is 0 Å². The average molecular weight is 414 g/mol. The zero-order valence-electron chi connectivity index (χ0n) is 3.52. The van der Waals surface area contributed by atoms with Gasteiger partial charge in [0.1, 0.15) is 0 Å². The molecule has 0 saturated heterocycles. The quantitative estimate of drug-likeness (QED) is 0.373. The zero-order chi connectivity index (χ0) is 0. The molecule has 0 aromatic rings. The molecule has 2 radical (unpaired) electrons. The van der Waals surface area contributed by atoms with E-state index in [1.165, 1.54) is 0 Å². The van der Waals surface area contributed by atoms with Crippen LogP contribution in [0, 0.1) is 35.6 Å². The first kappa shape index (κ1) is 99.7. The van der Waals surface area contributed by atoms with Crippen LogP contribution in [-0.4, -0.2) is 96.3 Å². The largest absolute Gasteiger partial charge is 0 e. The van der Waals surface area contributed by atoms with Crippen LogP contribution in [0.25, 0.3) is 0 Å². The molecule has 0 aromatic carbocycles. The van der Waals surface area contributed by atoms with Crippen LogP contribution in [0.4, 0.5) is 0 Å². The van der Waals surface area contributed by atoms with Crippen LogP contribution in [0.15, 0.2) is 0 Å². The van der Waals surface area contributed by atoms with Crippen LogP contribution in [0.1, 0.15) is 0 Å². The summed E-state index contributed by atoms with van der Waals surface area (Å²) in [6, 6.07) is 0. The van der Waals surface area contributed by atoms with Crippen molar-refractivity contribution in [1.29, 1.82) is 0 Å². The van der Waals surface area contributed by atoms with Crippen molar-refractivity contribution >= 4 is 68.9 Å². The molecule has 0 aromatic heterocycles. The SMILES string of the molecule is O.O.O.O.O.[CsH].[La].[V]. The van der Waals surface area contributed by atoms with Crippen molar-refractivity contribution in [1.82, 2.24) is 0 Å². The van der Waals surface area contributed by atoms with Gasteiger partial charge in [0.05, 0.1) is 0 Å². The first-order chi connectivity index (χ1) is 0. The van der Waals surface area contributed by atoms with Crippen molar-refractivity contribution in [3.63, 3.8) is 0 Å². The topological polar surface area (TPSA) is 158 Å². The normalized spacial score (nSPS) is 0. The van der Waals surface area contributed by atoms with Gasteiger partial charge in [-0.05, 0) is 0 Å². The molecule has 0 bridgehead atoms. The summed E-state index contributed by atoms with van der Waals surface area (Å²) in [5.74, 6) is 0. The Labute approximate surface area is 146 Å². The third kappa shape index (κ3) is 54.4. The molecule has 10 N–H and O–H groups in total. The van der Waals surface area contributed by atoms with Crippen LogP contribution < -0.4 is 0 Å². The molecule has 0 amide bonds. The molecule has 0 aliphatic rings. The Morgan fingerprint density at radius 3 is 0.500 bits per heavy atom. The summed E-state index contributed by atoms with van der Waals surface area (Å²) in [4.78, 5) is 0. The van der Waals surface area contributed by atoms with Gasteiger partial charge in [-0.15, -0.1) is 0 Å². The predicted octanol–water partition coefficient (Wildman–Crippen LogP) is -4.77. The third-order valence-corrected chi connectivity index (χ3v) is 0. The van der Waals surface area contributed by atoms with Crippen molar-refractivity contribution < 1.29 is 81.5 Å². The molecule has 0 aliphatic heterocycles. The summed E-state index contributed by atoms with van der Waals surface area (Å²) in [7, 11) is 0. The molecule has 8 heavy (non-hydrogen) atoms. The average Bonchev–Trinajstić information content (AvgIpc) is 0. The van der Waals surface area contributed by atoms with E-state index < -0.39 is 0 Å². The number of hydrogen-bond donors (Lipinski definition) is 0. The predicted molar refractivity (Wildman–Crippen MR) is 25.2 cm³/mol. The molecule has 5 nitrogen and oxygen atoms in total. The van der Waals surface area contributed by atoms with Gasteiger partial charge in [-0.25, -0.2) is 0 Å². The van der Waals surface area contributed by atoms with Gasteiger partial charge in [-0.2, -0.15) is 0 Å². The number of rotatable bonds is 0. The zero-order valence-corrected chi connectivity index (χ0v) is 8.55.